The molecule has 0 radical (unpaired) electrons. The Bertz CT molecular complexity index is 783. The Hall–Kier alpha value is -1.67. The summed E-state index contributed by atoms with van der Waals surface area (Å²) in [5, 5.41) is 4.01. The Morgan fingerprint density at radius 1 is 1.29 bits per heavy atom. The van der Waals surface area contributed by atoms with Crippen LogP contribution < -0.4 is 10.2 Å². The Balaban J connectivity index is 1.56. The topological polar surface area (TPSA) is 65.5 Å². The number of carbonyl (C=O) groups excluding carboxylic acids is 2. The standard InChI is InChI=1S/C20H30N4O2S2/c1-4-5-6-7-10-21-17(25)14-9-8-11-24(13-14)19(26)16-12-15-18(27-16)22-20(28-15)23(2)3/h12,14H,4-11,13H2,1-3H3,(H,21,25). The highest BCUT2D eigenvalue weighted by Gasteiger charge is 2.29. The summed E-state index contributed by atoms with van der Waals surface area (Å²) < 4.78 is 1.05. The quantitative estimate of drug-likeness (QED) is 0.654. The number of thiazole rings is 1. The monoisotopic (exact) mass is 422 g/mol. The molecule has 2 aromatic rings. The van der Waals surface area contributed by atoms with Crippen molar-refractivity contribution in [2.75, 3.05) is 38.6 Å². The lowest BCUT2D eigenvalue weighted by Crippen LogP contribution is -2.45. The molecule has 1 N–H and O–H groups in total. The summed E-state index contributed by atoms with van der Waals surface area (Å²) in [6, 6.07) is 1.95. The van der Waals surface area contributed by atoms with E-state index in [2.05, 4.69) is 17.2 Å². The lowest BCUT2D eigenvalue weighted by atomic mass is 9.97. The van der Waals surface area contributed by atoms with Gasteiger partial charge in [-0.05, 0) is 25.3 Å². The lowest BCUT2D eigenvalue weighted by molar-refractivity contribution is -0.126. The van der Waals surface area contributed by atoms with E-state index in [1.54, 1.807) is 11.3 Å². The number of hydrogen-bond donors (Lipinski definition) is 1. The number of thiophene rings is 1. The van der Waals surface area contributed by atoms with E-state index in [-0.39, 0.29) is 17.7 Å². The summed E-state index contributed by atoms with van der Waals surface area (Å²) in [6.07, 6.45) is 6.33. The first-order valence-electron chi connectivity index (χ1n) is 10.1. The van der Waals surface area contributed by atoms with Gasteiger partial charge in [-0.3, -0.25) is 9.59 Å². The van der Waals surface area contributed by atoms with Crippen molar-refractivity contribution in [3.63, 3.8) is 0 Å². The van der Waals surface area contributed by atoms with Crippen molar-refractivity contribution in [3.8, 4) is 0 Å². The number of fused-ring (bicyclic) bond motifs is 1. The molecular weight excluding hydrogens is 392 g/mol. The number of nitrogens with zero attached hydrogens (tertiary/aromatic N) is 3. The molecule has 3 rings (SSSR count). The molecule has 1 aliphatic rings. The number of piperidine rings is 1. The molecular formula is C20H30N4O2S2. The van der Waals surface area contributed by atoms with Gasteiger partial charge in [-0.15, -0.1) is 11.3 Å². The number of unbranched alkanes of at least 4 members (excludes halogenated alkanes) is 3. The molecule has 0 aromatic carbocycles. The molecule has 3 heterocycles. The average Bonchev–Trinajstić information content (AvgIpc) is 3.26. The van der Waals surface area contributed by atoms with E-state index in [1.807, 2.05) is 30.0 Å². The minimum absolute atomic E-state index is 0.0297. The molecule has 1 unspecified atom stereocenters. The molecule has 2 aromatic heterocycles. The predicted octanol–water partition coefficient (Wildman–Crippen LogP) is 3.97. The van der Waals surface area contributed by atoms with Crippen molar-refractivity contribution in [2.24, 2.45) is 5.92 Å². The van der Waals surface area contributed by atoms with Gasteiger partial charge in [0, 0.05) is 33.7 Å². The zero-order valence-corrected chi connectivity index (χ0v) is 18.6. The molecule has 8 heteroatoms. The van der Waals surface area contributed by atoms with E-state index in [1.165, 1.54) is 24.2 Å². The number of aromatic nitrogens is 1. The van der Waals surface area contributed by atoms with Crippen LogP contribution >= 0.6 is 22.7 Å². The summed E-state index contributed by atoms with van der Waals surface area (Å²) in [5.74, 6) is 0.0314. The van der Waals surface area contributed by atoms with Crippen LogP contribution in [0.25, 0.3) is 9.53 Å². The number of hydrogen-bond acceptors (Lipinski definition) is 6. The van der Waals surface area contributed by atoms with Gasteiger partial charge in [-0.1, -0.05) is 37.5 Å². The van der Waals surface area contributed by atoms with Crippen LogP contribution in [0, 0.1) is 5.92 Å². The van der Waals surface area contributed by atoms with E-state index >= 15 is 0 Å². The van der Waals surface area contributed by atoms with Crippen LogP contribution in [0.5, 0.6) is 0 Å². The van der Waals surface area contributed by atoms with Crippen LogP contribution in [-0.2, 0) is 4.79 Å². The largest absolute Gasteiger partial charge is 0.356 e. The summed E-state index contributed by atoms with van der Waals surface area (Å²) in [5.41, 5.74) is 0. The first kappa shape index (κ1) is 21.0. The molecule has 1 saturated heterocycles. The first-order chi connectivity index (χ1) is 13.5. The Kier molecular flexibility index (Phi) is 7.29. The molecule has 0 spiro atoms. The van der Waals surface area contributed by atoms with Crippen LogP contribution in [0.1, 0.15) is 55.1 Å². The number of likely N-dealkylation sites (tertiary alicyclic amines) is 1. The highest BCUT2D eigenvalue weighted by Crippen LogP contribution is 2.34. The van der Waals surface area contributed by atoms with Gasteiger partial charge in [0.05, 0.1) is 15.5 Å². The smallest absolute Gasteiger partial charge is 0.264 e. The van der Waals surface area contributed by atoms with Gasteiger partial charge in [-0.25, -0.2) is 4.98 Å². The summed E-state index contributed by atoms with van der Waals surface area (Å²) in [7, 11) is 3.94. The molecule has 0 bridgehead atoms. The van der Waals surface area contributed by atoms with Crippen LogP contribution in [0.3, 0.4) is 0 Å². The fraction of sp³-hybridized carbons (Fsp3) is 0.650. The van der Waals surface area contributed by atoms with E-state index in [0.717, 1.165) is 58.3 Å². The molecule has 6 nitrogen and oxygen atoms in total. The molecule has 1 atom stereocenters. The van der Waals surface area contributed by atoms with Crippen molar-refractivity contribution < 1.29 is 9.59 Å². The SMILES string of the molecule is CCCCCCNC(=O)C1CCCN(C(=O)c2cc3sc(N(C)C)nc3s2)C1. The average molecular weight is 423 g/mol. The van der Waals surface area contributed by atoms with Crippen LogP contribution in [-0.4, -0.2) is 55.4 Å². The minimum atomic E-state index is -0.0941. The van der Waals surface area contributed by atoms with Gasteiger partial charge in [0.25, 0.3) is 5.91 Å². The predicted molar refractivity (Wildman–Crippen MR) is 118 cm³/mol. The van der Waals surface area contributed by atoms with Crippen LogP contribution in [0.4, 0.5) is 5.13 Å². The normalized spacial score (nSPS) is 17.1. The van der Waals surface area contributed by atoms with E-state index in [0.29, 0.717) is 6.54 Å². The molecule has 154 valence electrons. The van der Waals surface area contributed by atoms with Gasteiger partial charge in [0.15, 0.2) is 5.13 Å². The molecule has 2 amide bonds. The second-order valence-corrected chi connectivity index (χ2v) is 9.65. The zero-order valence-electron chi connectivity index (χ0n) is 17.0. The Morgan fingerprint density at radius 3 is 2.82 bits per heavy atom. The number of rotatable bonds is 8. The maximum atomic E-state index is 13.0. The fourth-order valence-corrected chi connectivity index (χ4v) is 5.56. The number of anilines is 1. The lowest BCUT2D eigenvalue weighted by Gasteiger charge is -2.31. The van der Waals surface area contributed by atoms with Crippen molar-refractivity contribution in [1.29, 1.82) is 0 Å². The summed E-state index contributed by atoms with van der Waals surface area (Å²) in [4.78, 5) is 35.5. The number of amides is 2. The zero-order chi connectivity index (χ0) is 20.1. The van der Waals surface area contributed by atoms with Crippen molar-refractivity contribution >= 4 is 49.1 Å². The Morgan fingerprint density at radius 2 is 2.11 bits per heavy atom. The number of nitrogens with one attached hydrogen (secondary N) is 1. The molecule has 1 aliphatic heterocycles. The summed E-state index contributed by atoms with van der Waals surface area (Å²) in [6.45, 7) is 4.16. The van der Waals surface area contributed by atoms with E-state index in [9.17, 15) is 9.59 Å². The van der Waals surface area contributed by atoms with E-state index < -0.39 is 0 Å². The van der Waals surface area contributed by atoms with Crippen LogP contribution in [0.15, 0.2) is 6.07 Å². The Labute approximate surface area is 174 Å². The van der Waals surface area contributed by atoms with Crippen molar-refractivity contribution in [3.05, 3.63) is 10.9 Å². The van der Waals surface area contributed by atoms with Crippen LogP contribution in [0.2, 0.25) is 0 Å². The van der Waals surface area contributed by atoms with Gasteiger partial charge < -0.3 is 15.1 Å². The maximum absolute atomic E-state index is 13.0. The second kappa shape index (κ2) is 9.69. The number of carbonyl (C=O) groups is 2. The van der Waals surface area contributed by atoms with Gasteiger partial charge in [0.1, 0.15) is 4.83 Å². The fourth-order valence-electron chi connectivity index (χ4n) is 3.46. The van der Waals surface area contributed by atoms with Crippen molar-refractivity contribution in [2.45, 2.75) is 45.4 Å². The highest BCUT2D eigenvalue weighted by molar-refractivity contribution is 7.29. The van der Waals surface area contributed by atoms with Gasteiger partial charge in [0.2, 0.25) is 5.91 Å². The maximum Gasteiger partial charge on any atom is 0.264 e. The molecule has 0 aliphatic carbocycles. The minimum Gasteiger partial charge on any atom is -0.356 e. The van der Waals surface area contributed by atoms with Gasteiger partial charge in [-0.2, -0.15) is 0 Å². The molecule has 0 saturated carbocycles. The highest BCUT2D eigenvalue weighted by atomic mass is 32.1. The molecule has 1 fully saturated rings. The summed E-state index contributed by atoms with van der Waals surface area (Å²) >= 11 is 3.05. The first-order valence-corrected chi connectivity index (χ1v) is 11.8. The van der Waals surface area contributed by atoms with E-state index in [4.69, 9.17) is 0 Å². The second-order valence-electron chi connectivity index (χ2n) is 7.61. The van der Waals surface area contributed by atoms with Crippen molar-refractivity contribution in [1.82, 2.24) is 15.2 Å². The molecule has 28 heavy (non-hydrogen) atoms. The third-order valence-corrected chi connectivity index (χ3v) is 7.40. The van der Waals surface area contributed by atoms with Gasteiger partial charge >= 0.3 is 0 Å². The third-order valence-electron chi connectivity index (χ3n) is 5.08. The third kappa shape index (κ3) is 5.03.